The molecule has 0 saturated carbocycles. The molecule has 1 unspecified atom stereocenters. The standard InChI is InChI=1S/C26H22ClN3O2/c1-30-17-29-15-25(30)26(19-8-6-18(14-28)7-9-19)32-16-21-10-11-22(27)13-24(21)20-4-3-5-23(12-20)31-2/h3-13,15,17,26H,16H2,1-2H3. The summed E-state index contributed by atoms with van der Waals surface area (Å²) in [6.45, 7) is 0.361. The fourth-order valence-electron chi connectivity index (χ4n) is 3.61. The van der Waals surface area contributed by atoms with E-state index in [1.807, 2.05) is 66.2 Å². The zero-order chi connectivity index (χ0) is 22.5. The van der Waals surface area contributed by atoms with E-state index in [1.165, 1.54) is 0 Å². The van der Waals surface area contributed by atoms with E-state index in [1.54, 1.807) is 31.8 Å². The smallest absolute Gasteiger partial charge is 0.124 e. The van der Waals surface area contributed by atoms with Gasteiger partial charge in [0.25, 0.3) is 0 Å². The van der Waals surface area contributed by atoms with Gasteiger partial charge in [0.15, 0.2) is 0 Å². The topological polar surface area (TPSA) is 60.1 Å². The van der Waals surface area contributed by atoms with E-state index < -0.39 is 0 Å². The van der Waals surface area contributed by atoms with Gasteiger partial charge < -0.3 is 14.0 Å². The Morgan fingerprint density at radius 2 is 1.91 bits per heavy atom. The van der Waals surface area contributed by atoms with Crippen molar-refractivity contribution < 1.29 is 9.47 Å². The van der Waals surface area contributed by atoms with Crippen LogP contribution in [0.25, 0.3) is 11.1 Å². The minimum absolute atomic E-state index is 0.343. The van der Waals surface area contributed by atoms with Gasteiger partial charge >= 0.3 is 0 Å². The highest BCUT2D eigenvalue weighted by Crippen LogP contribution is 2.33. The van der Waals surface area contributed by atoms with Crippen molar-refractivity contribution in [3.05, 3.63) is 107 Å². The van der Waals surface area contributed by atoms with E-state index >= 15 is 0 Å². The van der Waals surface area contributed by atoms with Gasteiger partial charge in [-0.3, -0.25) is 0 Å². The average Bonchev–Trinajstić information content (AvgIpc) is 3.26. The van der Waals surface area contributed by atoms with Crippen molar-refractivity contribution in [2.45, 2.75) is 12.7 Å². The molecule has 0 N–H and O–H groups in total. The number of methoxy groups -OCH3 is 1. The van der Waals surface area contributed by atoms with E-state index in [-0.39, 0.29) is 6.10 Å². The molecule has 4 aromatic rings. The van der Waals surface area contributed by atoms with Crippen molar-refractivity contribution in [2.75, 3.05) is 7.11 Å². The maximum atomic E-state index is 9.13. The summed E-state index contributed by atoms with van der Waals surface area (Å²) in [6, 6.07) is 23.2. The summed E-state index contributed by atoms with van der Waals surface area (Å²) in [5.74, 6) is 0.777. The maximum Gasteiger partial charge on any atom is 0.124 e. The fraction of sp³-hybridized carbons (Fsp3) is 0.154. The lowest BCUT2D eigenvalue weighted by Gasteiger charge is -2.20. The normalized spacial score (nSPS) is 11.7. The Bertz CT molecular complexity index is 1260. The molecule has 1 aromatic heterocycles. The molecular formula is C26H22ClN3O2. The quantitative estimate of drug-likeness (QED) is 0.355. The van der Waals surface area contributed by atoms with Crippen LogP contribution in [0.1, 0.15) is 28.5 Å². The van der Waals surface area contributed by atoms with E-state index in [0.29, 0.717) is 17.2 Å². The third-order valence-corrected chi connectivity index (χ3v) is 5.56. The second-order valence-corrected chi connectivity index (χ2v) is 7.82. The molecule has 0 radical (unpaired) electrons. The molecule has 6 heteroatoms. The van der Waals surface area contributed by atoms with Crippen molar-refractivity contribution in [1.82, 2.24) is 9.55 Å². The number of benzene rings is 3. The Morgan fingerprint density at radius 1 is 1.09 bits per heavy atom. The first-order valence-electron chi connectivity index (χ1n) is 10.1. The number of aryl methyl sites for hydroxylation is 1. The molecule has 32 heavy (non-hydrogen) atoms. The molecule has 0 fully saturated rings. The minimum atomic E-state index is -0.343. The number of halogens is 1. The summed E-state index contributed by atoms with van der Waals surface area (Å²) >= 11 is 6.32. The number of rotatable bonds is 7. The largest absolute Gasteiger partial charge is 0.497 e. The predicted octanol–water partition coefficient (Wildman–Crippen LogP) is 5.93. The van der Waals surface area contributed by atoms with Crippen LogP contribution in [0.2, 0.25) is 5.02 Å². The number of aromatic nitrogens is 2. The highest BCUT2D eigenvalue weighted by molar-refractivity contribution is 6.30. The zero-order valence-corrected chi connectivity index (χ0v) is 18.6. The SMILES string of the molecule is COc1cccc(-c2cc(Cl)ccc2COC(c2ccc(C#N)cc2)c2cncn2C)c1. The van der Waals surface area contributed by atoms with Gasteiger partial charge in [0, 0.05) is 12.1 Å². The number of nitrogens with zero attached hydrogens (tertiary/aromatic N) is 3. The number of ether oxygens (including phenoxy) is 2. The summed E-state index contributed by atoms with van der Waals surface area (Å²) in [5, 5.41) is 9.79. The molecule has 1 heterocycles. The second-order valence-electron chi connectivity index (χ2n) is 7.39. The summed E-state index contributed by atoms with van der Waals surface area (Å²) in [4.78, 5) is 4.25. The highest BCUT2D eigenvalue weighted by atomic mass is 35.5. The molecule has 1 atom stereocenters. The molecule has 4 rings (SSSR count). The van der Waals surface area contributed by atoms with Crippen LogP contribution in [-0.2, 0) is 18.4 Å². The highest BCUT2D eigenvalue weighted by Gasteiger charge is 2.19. The molecular weight excluding hydrogens is 422 g/mol. The molecule has 3 aromatic carbocycles. The van der Waals surface area contributed by atoms with Gasteiger partial charge in [0.05, 0.1) is 43.6 Å². The molecule has 160 valence electrons. The van der Waals surface area contributed by atoms with Crippen LogP contribution >= 0.6 is 11.6 Å². The summed E-state index contributed by atoms with van der Waals surface area (Å²) in [5.41, 5.74) is 5.47. The molecule has 0 spiro atoms. The third kappa shape index (κ3) is 4.67. The van der Waals surface area contributed by atoms with Crippen molar-refractivity contribution in [2.24, 2.45) is 7.05 Å². The first-order valence-corrected chi connectivity index (χ1v) is 10.5. The van der Waals surface area contributed by atoms with Crippen LogP contribution in [0.3, 0.4) is 0 Å². The van der Waals surface area contributed by atoms with Crippen LogP contribution in [0.4, 0.5) is 0 Å². The maximum absolute atomic E-state index is 9.13. The Hall–Kier alpha value is -3.59. The molecule has 0 saturated heterocycles. The molecule has 0 aliphatic heterocycles. The monoisotopic (exact) mass is 443 g/mol. The summed E-state index contributed by atoms with van der Waals surface area (Å²) < 4.78 is 13.8. The van der Waals surface area contributed by atoms with Crippen molar-refractivity contribution in [3.63, 3.8) is 0 Å². The van der Waals surface area contributed by atoms with Crippen molar-refractivity contribution in [1.29, 1.82) is 5.26 Å². The molecule has 0 bridgehead atoms. The molecule has 5 nitrogen and oxygen atoms in total. The van der Waals surface area contributed by atoms with Crippen molar-refractivity contribution in [3.8, 4) is 22.9 Å². The lowest BCUT2D eigenvalue weighted by Crippen LogP contribution is -2.11. The predicted molar refractivity (Wildman–Crippen MR) is 124 cm³/mol. The first kappa shape index (κ1) is 21.6. The second kappa shape index (κ2) is 9.69. The lowest BCUT2D eigenvalue weighted by atomic mass is 9.99. The van der Waals surface area contributed by atoms with Crippen LogP contribution in [0.5, 0.6) is 5.75 Å². The number of imidazole rings is 1. The van der Waals surface area contributed by atoms with Gasteiger partial charge in [-0.2, -0.15) is 5.26 Å². The van der Waals surface area contributed by atoms with Gasteiger partial charge in [0.2, 0.25) is 0 Å². The zero-order valence-electron chi connectivity index (χ0n) is 17.8. The van der Waals surface area contributed by atoms with Gasteiger partial charge in [-0.15, -0.1) is 0 Å². The first-order chi connectivity index (χ1) is 15.6. The van der Waals surface area contributed by atoms with Crippen LogP contribution in [0.15, 0.2) is 79.3 Å². The summed E-state index contributed by atoms with van der Waals surface area (Å²) in [6.07, 6.45) is 3.21. The van der Waals surface area contributed by atoms with E-state index in [0.717, 1.165) is 33.7 Å². The number of hydrogen-bond acceptors (Lipinski definition) is 4. The fourth-order valence-corrected chi connectivity index (χ4v) is 3.78. The Morgan fingerprint density at radius 3 is 2.59 bits per heavy atom. The van der Waals surface area contributed by atoms with E-state index in [4.69, 9.17) is 26.3 Å². The van der Waals surface area contributed by atoms with Gasteiger partial charge in [-0.25, -0.2) is 4.98 Å². The Kier molecular flexibility index (Phi) is 6.55. The van der Waals surface area contributed by atoms with E-state index in [9.17, 15) is 0 Å². The lowest BCUT2D eigenvalue weighted by molar-refractivity contribution is 0.0624. The third-order valence-electron chi connectivity index (χ3n) is 5.32. The minimum Gasteiger partial charge on any atom is -0.497 e. The molecule has 0 aliphatic rings. The molecule has 0 amide bonds. The van der Waals surface area contributed by atoms with Gasteiger partial charge in [0.1, 0.15) is 11.9 Å². The average molecular weight is 444 g/mol. The Balaban J connectivity index is 1.68. The van der Waals surface area contributed by atoms with Crippen LogP contribution in [0, 0.1) is 11.3 Å². The van der Waals surface area contributed by atoms with Gasteiger partial charge in [-0.1, -0.05) is 41.9 Å². The van der Waals surface area contributed by atoms with E-state index in [2.05, 4.69) is 11.1 Å². The number of nitriles is 1. The van der Waals surface area contributed by atoms with Crippen LogP contribution < -0.4 is 4.74 Å². The van der Waals surface area contributed by atoms with Crippen molar-refractivity contribution >= 4 is 11.6 Å². The molecule has 0 aliphatic carbocycles. The van der Waals surface area contributed by atoms with Crippen LogP contribution in [-0.4, -0.2) is 16.7 Å². The van der Waals surface area contributed by atoms with Gasteiger partial charge in [-0.05, 0) is 58.7 Å². The number of hydrogen-bond donors (Lipinski definition) is 0. The Labute approximate surface area is 192 Å². The summed E-state index contributed by atoms with van der Waals surface area (Å²) in [7, 11) is 3.59.